The van der Waals surface area contributed by atoms with Crippen LogP contribution in [0.1, 0.15) is 25.7 Å². The second kappa shape index (κ2) is 5.42. The maximum Gasteiger partial charge on any atom is 0.255 e. The molecule has 1 aliphatic heterocycles. The Hall–Kier alpha value is -1.40. The van der Waals surface area contributed by atoms with Gasteiger partial charge in [-0.2, -0.15) is 19.6 Å². The number of halogens is 1. The van der Waals surface area contributed by atoms with Crippen LogP contribution < -0.4 is 4.90 Å². The zero-order valence-corrected chi connectivity index (χ0v) is 12.7. The Morgan fingerprint density at radius 1 is 1.10 bits per heavy atom. The van der Waals surface area contributed by atoms with Gasteiger partial charge in [0.1, 0.15) is 17.3 Å². The van der Waals surface area contributed by atoms with Crippen molar-refractivity contribution in [2.24, 2.45) is 0 Å². The molecule has 0 aromatic carbocycles. The van der Waals surface area contributed by atoms with Crippen LogP contribution in [0, 0.1) is 0 Å². The normalized spacial score (nSPS) is 21.5. The molecule has 0 radical (unpaired) electrons. The molecule has 0 N–H and O–H groups in total. The molecule has 1 saturated heterocycles. The Labute approximate surface area is 128 Å². The zero-order valence-electron chi connectivity index (χ0n) is 12.0. The quantitative estimate of drug-likeness (QED) is 0.793. The molecule has 0 amide bonds. The molecule has 0 bridgehead atoms. The fraction of sp³-hybridized carbons (Fsp3) is 0.643. The van der Waals surface area contributed by atoms with E-state index in [-0.39, 0.29) is 0 Å². The number of aromatic nitrogens is 4. The molecule has 2 aromatic rings. The SMILES string of the molecule is Clc1cc(N2CCN(C3CCCC3)CC2)n2ncnc2n1. The second-order valence-corrected chi connectivity index (χ2v) is 6.26. The number of nitrogens with zero attached hydrogens (tertiary/aromatic N) is 6. The number of hydrogen-bond donors (Lipinski definition) is 0. The molecule has 0 spiro atoms. The van der Waals surface area contributed by atoms with Gasteiger partial charge in [0.2, 0.25) is 0 Å². The van der Waals surface area contributed by atoms with E-state index < -0.39 is 0 Å². The predicted molar refractivity (Wildman–Crippen MR) is 81.8 cm³/mol. The number of rotatable bonds is 2. The minimum Gasteiger partial charge on any atom is -0.354 e. The number of piperazine rings is 1. The molecule has 0 atom stereocenters. The van der Waals surface area contributed by atoms with Gasteiger partial charge in [-0.1, -0.05) is 24.4 Å². The maximum atomic E-state index is 6.10. The van der Waals surface area contributed by atoms with E-state index >= 15 is 0 Å². The first-order chi connectivity index (χ1) is 10.3. The summed E-state index contributed by atoms with van der Waals surface area (Å²) in [4.78, 5) is 13.3. The van der Waals surface area contributed by atoms with Crippen molar-refractivity contribution in [3.63, 3.8) is 0 Å². The van der Waals surface area contributed by atoms with Gasteiger partial charge in [0.15, 0.2) is 0 Å². The summed E-state index contributed by atoms with van der Waals surface area (Å²) in [7, 11) is 0. The highest BCUT2D eigenvalue weighted by atomic mass is 35.5. The highest BCUT2D eigenvalue weighted by Crippen LogP contribution is 2.26. The van der Waals surface area contributed by atoms with Gasteiger partial charge in [0.25, 0.3) is 5.78 Å². The third kappa shape index (κ3) is 2.46. The van der Waals surface area contributed by atoms with Crippen molar-refractivity contribution in [2.45, 2.75) is 31.7 Å². The summed E-state index contributed by atoms with van der Waals surface area (Å²) < 4.78 is 1.77. The first kappa shape index (κ1) is 13.3. The highest BCUT2D eigenvalue weighted by Gasteiger charge is 2.27. The summed E-state index contributed by atoms with van der Waals surface area (Å²) >= 11 is 6.10. The van der Waals surface area contributed by atoms with Gasteiger partial charge in [-0.15, -0.1) is 0 Å². The van der Waals surface area contributed by atoms with Crippen molar-refractivity contribution in [2.75, 3.05) is 31.1 Å². The summed E-state index contributed by atoms with van der Waals surface area (Å²) in [5.74, 6) is 1.56. The minimum atomic E-state index is 0.476. The van der Waals surface area contributed by atoms with Gasteiger partial charge in [0.05, 0.1) is 0 Å². The monoisotopic (exact) mass is 306 g/mol. The lowest BCUT2D eigenvalue weighted by atomic mass is 10.2. The molecular weight excluding hydrogens is 288 g/mol. The van der Waals surface area contributed by atoms with E-state index in [0.29, 0.717) is 10.9 Å². The first-order valence-corrected chi connectivity index (χ1v) is 8.04. The Morgan fingerprint density at radius 3 is 2.62 bits per heavy atom. The summed E-state index contributed by atoms with van der Waals surface area (Å²) in [6.07, 6.45) is 7.05. The molecule has 3 heterocycles. The van der Waals surface area contributed by atoms with Crippen LogP contribution in [0.3, 0.4) is 0 Å². The van der Waals surface area contributed by atoms with Crippen molar-refractivity contribution in [1.82, 2.24) is 24.5 Å². The molecule has 1 aliphatic carbocycles. The Kier molecular flexibility index (Phi) is 3.43. The Balaban J connectivity index is 1.53. The van der Waals surface area contributed by atoms with Crippen molar-refractivity contribution >= 4 is 23.2 Å². The molecule has 21 heavy (non-hydrogen) atoms. The van der Waals surface area contributed by atoms with Crippen LogP contribution in [0.25, 0.3) is 5.78 Å². The second-order valence-electron chi connectivity index (χ2n) is 5.87. The molecule has 0 unspecified atom stereocenters. The predicted octanol–water partition coefficient (Wildman–Crippen LogP) is 1.84. The third-order valence-corrected chi connectivity index (χ3v) is 4.87. The Morgan fingerprint density at radius 2 is 1.86 bits per heavy atom. The topological polar surface area (TPSA) is 49.6 Å². The molecule has 112 valence electrons. The van der Waals surface area contributed by atoms with Gasteiger partial charge in [-0.25, -0.2) is 0 Å². The fourth-order valence-corrected chi connectivity index (χ4v) is 3.75. The van der Waals surface area contributed by atoms with Crippen molar-refractivity contribution in [3.8, 4) is 0 Å². The van der Waals surface area contributed by atoms with Crippen molar-refractivity contribution in [1.29, 1.82) is 0 Å². The molecule has 4 rings (SSSR count). The smallest absolute Gasteiger partial charge is 0.255 e. The zero-order chi connectivity index (χ0) is 14.2. The van der Waals surface area contributed by atoms with Crippen LogP contribution in [0.5, 0.6) is 0 Å². The van der Waals surface area contributed by atoms with Gasteiger partial charge < -0.3 is 4.90 Å². The highest BCUT2D eigenvalue weighted by molar-refractivity contribution is 6.29. The van der Waals surface area contributed by atoms with Gasteiger partial charge >= 0.3 is 0 Å². The van der Waals surface area contributed by atoms with Crippen molar-refractivity contribution < 1.29 is 0 Å². The van der Waals surface area contributed by atoms with E-state index in [2.05, 4.69) is 24.9 Å². The molecule has 6 nitrogen and oxygen atoms in total. The van der Waals surface area contributed by atoms with E-state index in [1.807, 2.05) is 6.07 Å². The maximum absolute atomic E-state index is 6.10. The molecule has 2 aliphatic rings. The molecule has 1 saturated carbocycles. The lowest BCUT2D eigenvalue weighted by molar-refractivity contribution is 0.187. The summed E-state index contributed by atoms with van der Waals surface area (Å²) in [6, 6.07) is 2.69. The first-order valence-electron chi connectivity index (χ1n) is 7.66. The van der Waals surface area contributed by atoms with E-state index in [1.165, 1.54) is 32.0 Å². The van der Waals surface area contributed by atoms with Gasteiger partial charge in [0, 0.05) is 38.3 Å². The lowest BCUT2D eigenvalue weighted by Gasteiger charge is -2.38. The number of fused-ring (bicyclic) bond motifs is 1. The molecule has 2 aromatic heterocycles. The number of hydrogen-bond acceptors (Lipinski definition) is 5. The largest absolute Gasteiger partial charge is 0.354 e. The van der Waals surface area contributed by atoms with E-state index in [1.54, 1.807) is 4.52 Å². The van der Waals surface area contributed by atoms with Crippen LogP contribution in [0.2, 0.25) is 5.15 Å². The minimum absolute atomic E-state index is 0.476. The fourth-order valence-electron chi connectivity index (χ4n) is 3.58. The van der Waals surface area contributed by atoms with Crippen LogP contribution >= 0.6 is 11.6 Å². The summed E-state index contributed by atoms with van der Waals surface area (Å²) in [6.45, 7) is 4.24. The Bertz CT molecular complexity index is 627. The average Bonchev–Trinajstić information content (AvgIpc) is 3.17. The standard InChI is InChI=1S/C14H19ClN6/c15-12-9-13(21-14(18-12)16-10-17-21)20-7-5-19(6-8-20)11-3-1-2-4-11/h9-11H,1-8H2. The number of anilines is 1. The van der Waals surface area contributed by atoms with Crippen LogP contribution in [-0.4, -0.2) is 56.7 Å². The molecule has 2 fully saturated rings. The van der Waals surface area contributed by atoms with Crippen LogP contribution in [0.4, 0.5) is 5.82 Å². The van der Waals surface area contributed by atoms with Crippen LogP contribution in [-0.2, 0) is 0 Å². The average molecular weight is 307 g/mol. The van der Waals surface area contributed by atoms with E-state index in [9.17, 15) is 0 Å². The molecule has 7 heteroatoms. The van der Waals surface area contributed by atoms with Gasteiger partial charge in [-0.05, 0) is 12.8 Å². The van der Waals surface area contributed by atoms with E-state index in [0.717, 1.165) is 38.0 Å². The summed E-state index contributed by atoms with van der Waals surface area (Å²) in [5.41, 5.74) is 0. The van der Waals surface area contributed by atoms with Gasteiger partial charge in [-0.3, -0.25) is 4.90 Å². The molecular formula is C14H19ClN6. The van der Waals surface area contributed by atoms with Crippen LogP contribution in [0.15, 0.2) is 12.4 Å². The van der Waals surface area contributed by atoms with E-state index in [4.69, 9.17) is 11.6 Å². The summed E-state index contributed by atoms with van der Waals surface area (Å²) in [5, 5.41) is 4.74. The lowest BCUT2D eigenvalue weighted by Crippen LogP contribution is -2.50. The van der Waals surface area contributed by atoms with Crippen molar-refractivity contribution in [3.05, 3.63) is 17.5 Å². The third-order valence-electron chi connectivity index (χ3n) is 4.68.